The number of aliphatic hydroxyl groups excluding tert-OH is 2. The van der Waals surface area contributed by atoms with Gasteiger partial charge >= 0.3 is 5.97 Å². The summed E-state index contributed by atoms with van der Waals surface area (Å²) in [6, 6.07) is 0. The Morgan fingerprint density at radius 3 is 2.26 bits per heavy atom. The number of aliphatic hydroxyl groups is 2. The van der Waals surface area contributed by atoms with Crippen molar-refractivity contribution in [3.05, 3.63) is 0 Å². The van der Waals surface area contributed by atoms with E-state index in [1.165, 1.54) is 21.0 Å². The number of carbonyl (C=O) groups excluding carboxylic acids is 1. The van der Waals surface area contributed by atoms with Crippen molar-refractivity contribution in [1.82, 2.24) is 5.32 Å². The minimum Gasteiger partial charge on any atom is -0.481 e. The Balaban J connectivity index is 4.53. The number of hydrogen-bond donors (Lipinski definition) is 4. The number of nitrogens with one attached hydrogen (secondary N) is 1. The zero-order chi connectivity index (χ0) is 15.2. The van der Waals surface area contributed by atoms with Crippen LogP contribution in [0.2, 0.25) is 0 Å². The molecule has 0 saturated heterocycles. The summed E-state index contributed by atoms with van der Waals surface area (Å²) in [4.78, 5) is 22.7. The van der Waals surface area contributed by atoms with Crippen molar-refractivity contribution in [2.24, 2.45) is 11.3 Å². The van der Waals surface area contributed by atoms with Gasteiger partial charge in [0.05, 0.1) is 18.6 Å². The number of carbonyl (C=O) groups is 2. The van der Waals surface area contributed by atoms with Crippen LogP contribution in [0.3, 0.4) is 0 Å². The molecule has 7 nitrogen and oxygen atoms in total. The molecule has 0 heterocycles. The average molecular weight is 277 g/mol. The second-order valence-electron chi connectivity index (χ2n) is 5.18. The third kappa shape index (κ3) is 5.14. The Kier molecular flexibility index (Phi) is 6.96. The lowest BCUT2D eigenvalue weighted by atomic mass is 9.87. The van der Waals surface area contributed by atoms with E-state index in [0.717, 1.165) is 0 Å². The molecule has 0 aliphatic carbocycles. The highest BCUT2D eigenvalue weighted by molar-refractivity contribution is 5.82. The van der Waals surface area contributed by atoms with Gasteiger partial charge in [0, 0.05) is 19.1 Å². The Morgan fingerprint density at radius 1 is 1.37 bits per heavy atom. The SMILES string of the molecule is COC(C)C(CNC(=O)C(O)C(C)(C)CO)C(=O)O. The maximum Gasteiger partial charge on any atom is 0.310 e. The van der Waals surface area contributed by atoms with Crippen molar-refractivity contribution in [3.8, 4) is 0 Å². The van der Waals surface area contributed by atoms with Crippen LogP contribution in [0.15, 0.2) is 0 Å². The molecule has 7 heteroatoms. The number of amides is 1. The van der Waals surface area contributed by atoms with Crippen LogP contribution in [-0.4, -0.2) is 59.7 Å². The van der Waals surface area contributed by atoms with Crippen LogP contribution >= 0.6 is 0 Å². The molecule has 0 spiro atoms. The molecule has 3 unspecified atom stereocenters. The van der Waals surface area contributed by atoms with Crippen molar-refractivity contribution in [2.75, 3.05) is 20.3 Å². The summed E-state index contributed by atoms with van der Waals surface area (Å²) in [5.74, 6) is -2.71. The van der Waals surface area contributed by atoms with E-state index >= 15 is 0 Å². The fourth-order valence-corrected chi connectivity index (χ4v) is 1.37. The first-order valence-corrected chi connectivity index (χ1v) is 5.99. The van der Waals surface area contributed by atoms with Crippen LogP contribution in [0, 0.1) is 11.3 Å². The van der Waals surface area contributed by atoms with Crippen LogP contribution in [0.1, 0.15) is 20.8 Å². The van der Waals surface area contributed by atoms with Gasteiger partial charge in [0.2, 0.25) is 5.91 Å². The second kappa shape index (κ2) is 7.42. The van der Waals surface area contributed by atoms with Crippen LogP contribution in [-0.2, 0) is 14.3 Å². The van der Waals surface area contributed by atoms with E-state index in [9.17, 15) is 14.7 Å². The molecule has 0 aliphatic rings. The van der Waals surface area contributed by atoms with Crippen molar-refractivity contribution in [2.45, 2.75) is 33.0 Å². The molecule has 0 aromatic carbocycles. The second-order valence-corrected chi connectivity index (χ2v) is 5.18. The first-order chi connectivity index (χ1) is 8.67. The summed E-state index contributed by atoms with van der Waals surface area (Å²) in [7, 11) is 1.38. The van der Waals surface area contributed by atoms with Crippen molar-refractivity contribution in [1.29, 1.82) is 0 Å². The number of rotatable bonds is 8. The topological polar surface area (TPSA) is 116 Å². The Morgan fingerprint density at radius 2 is 1.89 bits per heavy atom. The van der Waals surface area contributed by atoms with Gasteiger partial charge in [0.1, 0.15) is 6.10 Å². The molecule has 0 aromatic rings. The van der Waals surface area contributed by atoms with E-state index in [4.69, 9.17) is 14.9 Å². The highest BCUT2D eigenvalue weighted by Crippen LogP contribution is 2.19. The maximum absolute atomic E-state index is 11.7. The molecule has 0 fully saturated rings. The summed E-state index contributed by atoms with van der Waals surface area (Å²) >= 11 is 0. The third-order valence-corrected chi connectivity index (χ3v) is 3.15. The largest absolute Gasteiger partial charge is 0.481 e. The average Bonchev–Trinajstić information content (AvgIpc) is 2.36. The quantitative estimate of drug-likeness (QED) is 0.462. The summed E-state index contributed by atoms with van der Waals surface area (Å²) in [5, 5.41) is 30.2. The fraction of sp³-hybridized carbons (Fsp3) is 0.833. The number of carboxylic acid groups (broad SMARTS) is 1. The van der Waals surface area contributed by atoms with Crippen molar-refractivity contribution in [3.63, 3.8) is 0 Å². The lowest BCUT2D eigenvalue weighted by Crippen LogP contribution is -2.48. The molecule has 0 radical (unpaired) electrons. The number of hydrogen-bond acceptors (Lipinski definition) is 5. The minimum absolute atomic E-state index is 0.151. The van der Waals surface area contributed by atoms with E-state index in [-0.39, 0.29) is 13.2 Å². The summed E-state index contributed by atoms with van der Waals surface area (Å²) in [5.41, 5.74) is -0.990. The molecule has 3 atom stereocenters. The van der Waals surface area contributed by atoms with E-state index in [0.29, 0.717) is 0 Å². The van der Waals surface area contributed by atoms with Crippen LogP contribution < -0.4 is 5.32 Å². The Hall–Kier alpha value is -1.18. The van der Waals surface area contributed by atoms with Crippen molar-refractivity contribution < 1.29 is 29.6 Å². The Bertz CT molecular complexity index is 317. The van der Waals surface area contributed by atoms with Crippen LogP contribution in [0.5, 0.6) is 0 Å². The van der Waals surface area contributed by atoms with Crippen LogP contribution in [0.25, 0.3) is 0 Å². The van der Waals surface area contributed by atoms with Gasteiger partial charge in [-0.2, -0.15) is 0 Å². The molecule has 112 valence electrons. The first kappa shape index (κ1) is 17.8. The zero-order valence-electron chi connectivity index (χ0n) is 11.7. The predicted octanol–water partition coefficient (Wildman–Crippen LogP) is -0.782. The molecule has 0 bridgehead atoms. The Labute approximate surface area is 112 Å². The zero-order valence-corrected chi connectivity index (χ0v) is 11.7. The minimum atomic E-state index is -1.41. The van der Waals surface area contributed by atoms with E-state index in [1.54, 1.807) is 6.92 Å². The smallest absolute Gasteiger partial charge is 0.310 e. The normalized spacial score (nSPS) is 16.5. The monoisotopic (exact) mass is 277 g/mol. The molecule has 0 aliphatic heterocycles. The molecular formula is C12H23NO6. The summed E-state index contributed by atoms with van der Waals surface area (Å²) in [6.07, 6.45) is -1.98. The molecular weight excluding hydrogens is 254 g/mol. The van der Waals surface area contributed by atoms with Gasteiger partial charge in [-0.25, -0.2) is 0 Å². The van der Waals surface area contributed by atoms with Gasteiger partial charge in [0.25, 0.3) is 0 Å². The number of ether oxygens (including phenoxy) is 1. The van der Waals surface area contributed by atoms with Gasteiger partial charge < -0.3 is 25.4 Å². The van der Waals surface area contributed by atoms with Gasteiger partial charge in [-0.05, 0) is 6.92 Å². The molecule has 4 N–H and O–H groups in total. The van der Waals surface area contributed by atoms with Gasteiger partial charge in [-0.3, -0.25) is 9.59 Å². The van der Waals surface area contributed by atoms with E-state index < -0.39 is 35.4 Å². The number of carboxylic acids is 1. The van der Waals surface area contributed by atoms with Gasteiger partial charge in [-0.15, -0.1) is 0 Å². The van der Waals surface area contributed by atoms with Crippen LogP contribution in [0.4, 0.5) is 0 Å². The van der Waals surface area contributed by atoms with Gasteiger partial charge in [-0.1, -0.05) is 13.8 Å². The lowest BCUT2D eigenvalue weighted by Gasteiger charge is -2.28. The highest BCUT2D eigenvalue weighted by atomic mass is 16.5. The molecule has 0 rings (SSSR count). The molecule has 19 heavy (non-hydrogen) atoms. The summed E-state index contributed by atoms with van der Waals surface area (Å²) in [6.45, 7) is 4.13. The van der Waals surface area contributed by atoms with Gasteiger partial charge in [0.15, 0.2) is 0 Å². The molecule has 0 aromatic heterocycles. The number of methoxy groups -OCH3 is 1. The fourth-order valence-electron chi connectivity index (χ4n) is 1.37. The summed E-state index contributed by atoms with van der Waals surface area (Å²) < 4.78 is 4.92. The maximum atomic E-state index is 11.7. The van der Waals surface area contributed by atoms with Crippen molar-refractivity contribution >= 4 is 11.9 Å². The van der Waals surface area contributed by atoms with E-state index in [1.807, 2.05) is 0 Å². The number of aliphatic carboxylic acids is 1. The first-order valence-electron chi connectivity index (χ1n) is 5.99. The predicted molar refractivity (Wildman–Crippen MR) is 67.5 cm³/mol. The molecule has 1 amide bonds. The lowest BCUT2D eigenvalue weighted by molar-refractivity contribution is -0.146. The highest BCUT2D eigenvalue weighted by Gasteiger charge is 2.34. The van der Waals surface area contributed by atoms with E-state index in [2.05, 4.69) is 5.32 Å². The third-order valence-electron chi connectivity index (χ3n) is 3.15. The molecule has 0 saturated carbocycles. The standard InChI is InChI=1S/C12H23NO6/c1-7(19-4)8(11(17)18)5-13-10(16)9(15)12(2,3)6-14/h7-9,14-15H,5-6H2,1-4H3,(H,13,16)(H,17,18).